The molecule has 1 aromatic carbocycles. The lowest BCUT2D eigenvalue weighted by Gasteiger charge is -2.15. The molecule has 26 heavy (non-hydrogen) atoms. The summed E-state index contributed by atoms with van der Waals surface area (Å²) in [5.74, 6) is -2.42. The lowest BCUT2D eigenvalue weighted by Crippen LogP contribution is -2.31. The molecule has 0 aliphatic heterocycles. The number of carbonyl (C=O) groups is 2. The van der Waals surface area contributed by atoms with Crippen molar-refractivity contribution in [1.82, 2.24) is 15.1 Å². The van der Waals surface area contributed by atoms with Gasteiger partial charge >= 0.3 is 12.1 Å². The molecule has 1 amide bonds. The molecule has 6 nitrogen and oxygen atoms in total. The number of benzene rings is 1. The van der Waals surface area contributed by atoms with Crippen LogP contribution >= 0.6 is 0 Å². The maximum absolute atomic E-state index is 13.6. The Hall–Kier alpha value is -2.84. The van der Waals surface area contributed by atoms with E-state index >= 15 is 0 Å². The van der Waals surface area contributed by atoms with Crippen molar-refractivity contribution >= 4 is 11.9 Å². The van der Waals surface area contributed by atoms with Gasteiger partial charge in [-0.15, -0.1) is 0 Å². The van der Waals surface area contributed by atoms with E-state index in [0.29, 0.717) is 10.2 Å². The van der Waals surface area contributed by atoms with E-state index in [9.17, 15) is 22.8 Å². The minimum absolute atomic E-state index is 0.0576. The molecule has 1 unspecified atom stereocenters. The number of aromatic nitrogens is 2. The fourth-order valence-electron chi connectivity index (χ4n) is 2.50. The number of carboxylic acid groups (broad SMARTS) is 1. The van der Waals surface area contributed by atoms with Crippen molar-refractivity contribution in [2.45, 2.75) is 26.4 Å². The number of aryl methyl sites for hydroxylation is 1. The molecule has 0 radical (unpaired) electrons. The van der Waals surface area contributed by atoms with Gasteiger partial charge in [-0.3, -0.25) is 9.59 Å². The van der Waals surface area contributed by atoms with Gasteiger partial charge in [0, 0.05) is 13.0 Å². The molecular weight excluding hydrogens is 351 g/mol. The van der Waals surface area contributed by atoms with Gasteiger partial charge in [-0.25, -0.2) is 4.68 Å². The van der Waals surface area contributed by atoms with Gasteiger partial charge in [0.15, 0.2) is 5.69 Å². The first-order valence-corrected chi connectivity index (χ1v) is 7.82. The third kappa shape index (κ3) is 4.41. The Morgan fingerprint density at radius 2 is 1.96 bits per heavy atom. The molecule has 0 saturated heterocycles. The van der Waals surface area contributed by atoms with Crippen molar-refractivity contribution in [2.75, 3.05) is 6.54 Å². The number of aliphatic carboxylic acids is 1. The maximum atomic E-state index is 13.6. The standard InChI is InChI=1S/C17H18F3N3O3/c1-10(7-14(24)25)8-21-16(26)12-9-22-23(15(12)17(18,19)20)13-6-4-3-5-11(13)2/h3-6,9-10H,7-8H2,1-2H3,(H,21,26)(H,24,25). The van der Waals surface area contributed by atoms with E-state index in [1.807, 2.05) is 0 Å². The van der Waals surface area contributed by atoms with Gasteiger partial charge in [-0.2, -0.15) is 18.3 Å². The SMILES string of the molecule is Cc1ccccc1-n1ncc(C(=O)NCC(C)CC(=O)O)c1C(F)(F)F. The van der Waals surface area contributed by atoms with Crippen molar-refractivity contribution in [3.8, 4) is 5.69 Å². The van der Waals surface area contributed by atoms with Crippen molar-refractivity contribution < 1.29 is 27.9 Å². The second kappa shape index (κ2) is 7.59. The lowest BCUT2D eigenvalue weighted by atomic mass is 10.1. The van der Waals surface area contributed by atoms with Gasteiger partial charge in [0.25, 0.3) is 5.91 Å². The number of carboxylic acids is 1. The molecular formula is C17H18F3N3O3. The Kier molecular flexibility index (Phi) is 5.69. The van der Waals surface area contributed by atoms with Crippen molar-refractivity contribution in [3.63, 3.8) is 0 Å². The van der Waals surface area contributed by atoms with Crippen LogP contribution in [-0.2, 0) is 11.0 Å². The number of amides is 1. The highest BCUT2D eigenvalue weighted by Crippen LogP contribution is 2.34. The monoisotopic (exact) mass is 369 g/mol. The van der Waals surface area contributed by atoms with Gasteiger partial charge < -0.3 is 10.4 Å². The van der Waals surface area contributed by atoms with Crippen LogP contribution in [0.2, 0.25) is 0 Å². The first-order valence-electron chi connectivity index (χ1n) is 7.82. The summed E-state index contributed by atoms with van der Waals surface area (Å²) >= 11 is 0. The molecule has 0 aliphatic rings. The smallest absolute Gasteiger partial charge is 0.434 e. The zero-order valence-corrected chi connectivity index (χ0v) is 14.2. The van der Waals surface area contributed by atoms with Crippen molar-refractivity contribution in [1.29, 1.82) is 0 Å². The molecule has 0 saturated carbocycles. The first-order chi connectivity index (χ1) is 12.1. The third-order valence-electron chi connectivity index (χ3n) is 3.76. The summed E-state index contributed by atoms with van der Waals surface area (Å²) in [6.07, 6.45) is -4.13. The quantitative estimate of drug-likeness (QED) is 0.820. The summed E-state index contributed by atoms with van der Waals surface area (Å²) in [5.41, 5.74) is -0.986. The summed E-state index contributed by atoms with van der Waals surface area (Å²) in [5, 5.41) is 14.8. The molecule has 0 bridgehead atoms. The average molecular weight is 369 g/mol. The number of halogens is 3. The van der Waals surface area contributed by atoms with Crippen LogP contribution in [0.5, 0.6) is 0 Å². The van der Waals surface area contributed by atoms with E-state index < -0.39 is 35.2 Å². The molecule has 1 heterocycles. The highest BCUT2D eigenvalue weighted by Gasteiger charge is 2.40. The fraction of sp³-hybridized carbons (Fsp3) is 0.353. The number of hydrogen-bond donors (Lipinski definition) is 2. The van der Waals surface area contributed by atoms with Crippen LogP contribution in [-0.4, -0.2) is 33.3 Å². The first kappa shape index (κ1) is 19.5. The average Bonchev–Trinajstić information content (AvgIpc) is 2.97. The summed E-state index contributed by atoms with van der Waals surface area (Å²) in [7, 11) is 0. The fourth-order valence-corrected chi connectivity index (χ4v) is 2.50. The molecule has 2 aromatic rings. The highest BCUT2D eigenvalue weighted by atomic mass is 19.4. The Morgan fingerprint density at radius 1 is 1.31 bits per heavy atom. The zero-order chi connectivity index (χ0) is 19.5. The maximum Gasteiger partial charge on any atom is 0.434 e. The zero-order valence-electron chi connectivity index (χ0n) is 14.2. The van der Waals surface area contributed by atoms with Crippen LogP contribution in [0, 0.1) is 12.8 Å². The minimum Gasteiger partial charge on any atom is -0.481 e. The van der Waals surface area contributed by atoms with Gasteiger partial charge in [-0.05, 0) is 24.5 Å². The van der Waals surface area contributed by atoms with Crippen LogP contribution in [0.3, 0.4) is 0 Å². The van der Waals surface area contributed by atoms with Crippen LogP contribution in [0.15, 0.2) is 30.5 Å². The topological polar surface area (TPSA) is 84.2 Å². The number of nitrogens with one attached hydrogen (secondary N) is 1. The van der Waals surface area contributed by atoms with Crippen LogP contribution in [0.4, 0.5) is 13.2 Å². The molecule has 1 aromatic heterocycles. The summed E-state index contributed by atoms with van der Waals surface area (Å²) < 4.78 is 41.4. The number of carbonyl (C=O) groups excluding carboxylic acids is 1. The van der Waals surface area contributed by atoms with Crippen LogP contribution in [0.25, 0.3) is 5.69 Å². The van der Waals surface area contributed by atoms with Gasteiger partial charge in [0.05, 0.1) is 17.4 Å². The van der Waals surface area contributed by atoms with E-state index in [-0.39, 0.29) is 18.7 Å². The highest BCUT2D eigenvalue weighted by molar-refractivity contribution is 5.95. The van der Waals surface area contributed by atoms with Gasteiger partial charge in [-0.1, -0.05) is 25.1 Å². The molecule has 0 fully saturated rings. The Bertz CT molecular complexity index is 815. The number of rotatable bonds is 6. The molecule has 9 heteroatoms. The number of hydrogen-bond acceptors (Lipinski definition) is 3. The van der Waals surface area contributed by atoms with Gasteiger partial charge in [0.1, 0.15) is 0 Å². The molecule has 0 spiro atoms. The second-order valence-electron chi connectivity index (χ2n) is 6.02. The van der Waals surface area contributed by atoms with Crippen molar-refractivity contribution in [2.24, 2.45) is 5.92 Å². The normalized spacial score (nSPS) is 12.7. The van der Waals surface area contributed by atoms with Crippen molar-refractivity contribution in [3.05, 3.63) is 47.3 Å². The van der Waals surface area contributed by atoms with E-state index in [2.05, 4.69) is 10.4 Å². The Balaban J connectivity index is 2.34. The third-order valence-corrected chi connectivity index (χ3v) is 3.76. The molecule has 1 atom stereocenters. The number of para-hydroxylation sites is 1. The predicted octanol–water partition coefficient (Wildman–Crippen LogP) is 3.04. The van der Waals surface area contributed by atoms with E-state index in [0.717, 1.165) is 6.20 Å². The largest absolute Gasteiger partial charge is 0.481 e. The summed E-state index contributed by atoms with van der Waals surface area (Å²) in [6.45, 7) is 3.16. The lowest BCUT2D eigenvalue weighted by molar-refractivity contribution is -0.143. The predicted molar refractivity (Wildman–Crippen MR) is 87.1 cm³/mol. The minimum atomic E-state index is -4.79. The van der Waals surface area contributed by atoms with E-state index in [1.165, 1.54) is 6.07 Å². The Morgan fingerprint density at radius 3 is 2.54 bits per heavy atom. The molecule has 140 valence electrons. The van der Waals surface area contributed by atoms with Crippen LogP contribution < -0.4 is 5.32 Å². The summed E-state index contributed by atoms with van der Waals surface area (Å²) in [4.78, 5) is 22.8. The molecule has 0 aliphatic carbocycles. The molecule has 2 N–H and O–H groups in total. The van der Waals surface area contributed by atoms with Crippen LogP contribution in [0.1, 0.15) is 35.0 Å². The Labute approximate surface area is 147 Å². The van der Waals surface area contributed by atoms with E-state index in [1.54, 1.807) is 32.0 Å². The number of nitrogens with zero attached hydrogens (tertiary/aromatic N) is 2. The summed E-state index contributed by atoms with van der Waals surface area (Å²) in [6, 6.07) is 6.39. The second-order valence-corrected chi connectivity index (χ2v) is 6.02. The number of alkyl halides is 3. The van der Waals surface area contributed by atoms with Gasteiger partial charge in [0.2, 0.25) is 0 Å². The van der Waals surface area contributed by atoms with E-state index in [4.69, 9.17) is 5.11 Å². The molecule has 2 rings (SSSR count).